The second-order valence-corrected chi connectivity index (χ2v) is 6.56. The predicted octanol–water partition coefficient (Wildman–Crippen LogP) is 3.94. The second-order valence-electron chi connectivity index (χ2n) is 6.56. The number of guanidine groups is 1. The van der Waals surface area contributed by atoms with E-state index < -0.39 is 0 Å². The van der Waals surface area contributed by atoms with E-state index in [-0.39, 0.29) is 41.6 Å². The van der Waals surface area contributed by atoms with Crippen molar-refractivity contribution in [1.82, 2.24) is 10.6 Å². The van der Waals surface area contributed by atoms with E-state index >= 15 is 0 Å². The van der Waals surface area contributed by atoms with Gasteiger partial charge in [0.05, 0.1) is 13.2 Å². The van der Waals surface area contributed by atoms with Crippen LogP contribution in [0, 0.1) is 5.82 Å². The van der Waals surface area contributed by atoms with Gasteiger partial charge in [0.25, 0.3) is 0 Å². The number of para-hydroxylation sites is 2. The summed E-state index contributed by atoms with van der Waals surface area (Å²) in [6, 6.07) is 14.6. The van der Waals surface area contributed by atoms with Gasteiger partial charge in [0, 0.05) is 19.5 Å². The van der Waals surface area contributed by atoms with Gasteiger partial charge in [-0.15, -0.1) is 24.0 Å². The summed E-state index contributed by atoms with van der Waals surface area (Å²) in [5.41, 5.74) is 1.22. The number of rotatable bonds is 6. The molecule has 0 radical (unpaired) electrons. The molecule has 1 heterocycles. The molecule has 152 valence electrons. The van der Waals surface area contributed by atoms with Crippen LogP contribution in [0.4, 0.5) is 4.39 Å². The van der Waals surface area contributed by atoms with Crippen molar-refractivity contribution in [2.45, 2.75) is 25.4 Å². The van der Waals surface area contributed by atoms with Crippen LogP contribution >= 0.6 is 24.0 Å². The third-order valence-electron chi connectivity index (χ3n) is 4.54. The zero-order valence-electron chi connectivity index (χ0n) is 16.2. The van der Waals surface area contributed by atoms with Crippen molar-refractivity contribution in [3.05, 3.63) is 59.9 Å². The van der Waals surface area contributed by atoms with E-state index in [2.05, 4.69) is 21.7 Å². The molecule has 2 aromatic rings. The number of aliphatic imine (C=N–C) groups is 1. The Labute approximate surface area is 182 Å². The Morgan fingerprint density at radius 1 is 1.21 bits per heavy atom. The lowest BCUT2D eigenvalue weighted by molar-refractivity contribution is 0.214. The van der Waals surface area contributed by atoms with Crippen molar-refractivity contribution in [3.63, 3.8) is 0 Å². The molecule has 0 bridgehead atoms. The number of fused-ring (bicyclic) bond motifs is 1. The number of ether oxygens (including phenoxy) is 2. The van der Waals surface area contributed by atoms with Crippen LogP contribution in [0.15, 0.2) is 53.5 Å². The lowest BCUT2D eigenvalue weighted by atomic mass is 9.93. The van der Waals surface area contributed by atoms with Crippen LogP contribution in [0.25, 0.3) is 0 Å². The first-order chi connectivity index (χ1) is 13.2. The molecule has 0 aliphatic carbocycles. The third kappa shape index (κ3) is 5.98. The predicted molar refractivity (Wildman–Crippen MR) is 121 cm³/mol. The fourth-order valence-corrected chi connectivity index (χ4v) is 3.11. The minimum absolute atomic E-state index is 0. The fourth-order valence-electron chi connectivity index (χ4n) is 3.11. The smallest absolute Gasteiger partial charge is 0.191 e. The van der Waals surface area contributed by atoms with Crippen LogP contribution in [0.2, 0.25) is 0 Å². The lowest BCUT2D eigenvalue weighted by Crippen LogP contribution is -2.43. The van der Waals surface area contributed by atoms with E-state index in [9.17, 15) is 4.39 Å². The molecule has 28 heavy (non-hydrogen) atoms. The zero-order chi connectivity index (χ0) is 19.1. The number of nitrogens with one attached hydrogen (secondary N) is 2. The molecule has 0 fully saturated rings. The molecule has 2 N–H and O–H groups in total. The van der Waals surface area contributed by atoms with Gasteiger partial charge in [0.1, 0.15) is 11.9 Å². The first-order valence-electron chi connectivity index (χ1n) is 9.25. The zero-order valence-corrected chi connectivity index (χ0v) is 18.5. The lowest BCUT2D eigenvalue weighted by Gasteiger charge is -2.27. The van der Waals surface area contributed by atoms with Gasteiger partial charge in [-0.25, -0.2) is 4.39 Å². The van der Waals surface area contributed by atoms with Gasteiger partial charge in [-0.2, -0.15) is 0 Å². The first-order valence-corrected chi connectivity index (χ1v) is 9.25. The molecule has 2 aromatic carbocycles. The maximum Gasteiger partial charge on any atom is 0.191 e. The summed E-state index contributed by atoms with van der Waals surface area (Å²) in [7, 11) is 1.73. The van der Waals surface area contributed by atoms with Gasteiger partial charge in [0.2, 0.25) is 0 Å². The highest BCUT2D eigenvalue weighted by Gasteiger charge is 2.21. The maximum atomic E-state index is 13.7. The van der Waals surface area contributed by atoms with Crippen molar-refractivity contribution in [1.29, 1.82) is 0 Å². The summed E-state index contributed by atoms with van der Waals surface area (Å²) in [5, 5.41) is 6.60. The maximum absolute atomic E-state index is 13.7. The van der Waals surface area contributed by atoms with E-state index in [4.69, 9.17) is 9.47 Å². The Bertz CT molecular complexity index is 788. The van der Waals surface area contributed by atoms with E-state index in [0.29, 0.717) is 18.4 Å². The number of hydrogen-bond acceptors (Lipinski definition) is 3. The highest BCUT2D eigenvalue weighted by Crippen LogP contribution is 2.32. The van der Waals surface area contributed by atoms with Crippen molar-refractivity contribution in [2.75, 3.05) is 26.7 Å². The standard InChI is InChI=1S/C21H26FN3O2.HI/c1-15(27-20-10-6-4-8-18(20)22)13-24-21(23-2)25-14-16-11-12-26-19-9-5-3-7-17(16)19;/h3-10,15-16H,11-14H2,1-2H3,(H2,23,24,25);1H. The second kappa shape index (κ2) is 11.1. The highest BCUT2D eigenvalue weighted by molar-refractivity contribution is 14.0. The minimum atomic E-state index is -0.356. The SMILES string of the molecule is CN=C(NCC(C)Oc1ccccc1F)NCC1CCOc2ccccc21.I. The monoisotopic (exact) mass is 499 g/mol. The van der Waals surface area contributed by atoms with Crippen molar-refractivity contribution in [3.8, 4) is 11.5 Å². The normalized spacial score (nSPS) is 16.8. The Balaban J connectivity index is 0.00000280. The van der Waals surface area contributed by atoms with E-state index in [1.165, 1.54) is 11.6 Å². The molecule has 0 saturated carbocycles. The largest absolute Gasteiger partial charge is 0.493 e. The molecule has 0 spiro atoms. The van der Waals surface area contributed by atoms with E-state index in [1.807, 2.05) is 25.1 Å². The molecule has 1 aliphatic rings. The van der Waals surface area contributed by atoms with Gasteiger partial charge >= 0.3 is 0 Å². The van der Waals surface area contributed by atoms with Gasteiger partial charge in [0.15, 0.2) is 17.5 Å². The average molecular weight is 499 g/mol. The summed E-state index contributed by atoms with van der Waals surface area (Å²) in [5.74, 6) is 1.94. The molecule has 0 saturated heterocycles. The van der Waals surface area contributed by atoms with E-state index in [1.54, 1.807) is 25.2 Å². The van der Waals surface area contributed by atoms with Gasteiger partial charge < -0.3 is 20.1 Å². The molecule has 7 heteroatoms. The topological polar surface area (TPSA) is 54.9 Å². The van der Waals surface area contributed by atoms with Gasteiger partial charge in [-0.3, -0.25) is 4.99 Å². The van der Waals surface area contributed by atoms with Gasteiger partial charge in [-0.05, 0) is 37.1 Å². The van der Waals surface area contributed by atoms with Crippen molar-refractivity contribution >= 4 is 29.9 Å². The fraction of sp³-hybridized carbons (Fsp3) is 0.381. The molecule has 0 amide bonds. The molecule has 5 nitrogen and oxygen atoms in total. The molecule has 2 unspecified atom stereocenters. The number of hydrogen-bond donors (Lipinski definition) is 2. The molecular formula is C21H27FIN3O2. The summed E-state index contributed by atoms with van der Waals surface area (Å²) < 4.78 is 25.0. The van der Waals surface area contributed by atoms with Gasteiger partial charge in [-0.1, -0.05) is 30.3 Å². The Hall–Kier alpha value is -2.03. The molecule has 1 aliphatic heterocycles. The number of halogens is 2. The van der Waals surface area contributed by atoms with Crippen LogP contribution in [-0.4, -0.2) is 38.8 Å². The van der Waals surface area contributed by atoms with Crippen LogP contribution < -0.4 is 20.1 Å². The molecule has 0 aromatic heterocycles. The Kier molecular flexibility index (Phi) is 8.82. The average Bonchev–Trinajstić information content (AvgIpc) is 2.70. The Morgan fingerprint density at radius 2 is 1.96 bits per heavy atom. The van der Waals surface area contributed by atoms with Crippen LogP contribution in [-0.2, 0) is 0 Å². The Morgan fingerprint density at radius 3 is 2.75 bits per heavy atom. The van der Waals surface area contributed by atoms with E-state index in [0.717, 1.165) is 25.3 Å². The first kappa shape index (κ1) is 22.3. The molecule has 3 rings (SSSR count). The summed E-state index contributed by atoms with van der Waals surface area (Å²) in [6.45, 7) is 3.89. The van der Waals surface area contributed by atoms with Crippen molar-refractivity contribution < 1.29 is 13.9 Å². The summed E-state index contributed by atoms with van der Waals surface area (Å²) in [4.78, 5) is 4.26. The summed E-state index contributed by atoms with van der Waals surface area (Å²) in [6.07, 6.45) is 0.762. The number of benzene rings is 2. The third-order valence-corrected chi connectivity index (χ3v) is 4.54. The molecular weight excluding hydrogens is 472 g/mol. The van der Waals surface area contributed by atoms with Crippen LogP contribution in [0.5, 0.6) is 11.5 Å². The quantitative estimate of drug-likeness (QED) is 0.359. The highest BCUT2D eigenvalue weighted by atomic mass is 127. The van der Waals surface area contributed by atoms with Crippen LogP contribution in [0.1, 0.15) is 24.8 Å². The summed E-state index contributed by atoms with van der Waals surface area (Å²) >= 11 is 0. The minimum Gasteiger partial charge on any atom is -0.493 e. The van der Waals surface area contributed by atoms with Crippen molar-refractivity contribution in [2.24, 2.45) is 4.99 Å². The molecule has 2 atom stereocenters. The number of nitrogens with zero attached hydrogens (tertiary/aromatic N) is 1. The van der Waals surface area contributed by atoms with Crippen LogP contribution in [0.3, 0.4) is 0 Å².